The van der Waals surface area contributed by atoms with Crippen molar-refractivity contribution >= 4 is 17.6 Å². The lowest BCUT2D eigenvalue weighted by Gasteiger charge is -2.14. The minimum absolute atomic E-state index is 0.00353. The monoisotopic (exact) mass is 239 g/mol. The van der Waals surface area contributed by atoms with Crippen LogP contribution in [0.1, 0.15) is 10.5 Å². The van der Waals surface area contributed by atoms with Crippen LogP contribution in [0.3, 0.4) is 0 Å². The molecular formula is C10H13N3O4. The fraction of sp³-hybridized carbons (Fsp3) is 0.300. The van der Waals surface area contributed by atoms with Gasteiger partial charge in [0, 0.05) is 19.0 Å². The zero-order valence-electron chi connectivity index (χ0n) is 9.21. The van der Waals surface area contributed by atoms with Crippen molar-refractivity contribution in [3.05, 3.63) is 24.0 Å². The van der Waals surface area contributed by atoms with Crippen molar-refractivity contribution < 1.29 is 19.4 Å². The van der Waals surface area contributed by atoms with E-state index in [1.807, 2.05) is 0 Å². The first-order chi connectivity index (χ1) is 8.04. The number of hydrogen-bond acceptors (Lipinski definition) is 5. The molecule has 0 radical (unpaired) electrons. The van der Waals surface area contributed by atoms with Crippen molar-refractivity contribution in [2.75, 3.05) is 19.0 Å². The molecule has 4 N–H and O–H groups in total. The third kappa shape index (κ3) is 3.72. The van der Waals surface area contributed by atoms with E-state index in [-0.39, 0.29) is 12.3 Å². The Kier molecular flexibility index (Phi) is 4.41. The summed E-state index contributed by atoms with van der Waals surface area (Å²) in [5.41, 5.74) is 5.57. The second kappa shape index (κ2) is 5.80. The summed E-state index contributed by atoms with van der Waals surface area (Å²) in [7, 11) is 1.40. The van der Waals surface area contributed by atoms with Gasteiger partial charge in [-0.15, -0.1) is 0 Å². The van der Waals surface area contributed by atoms with Gasteiger partial charge in [0.1, 0.15) is 11.7 Å². The largest absolute Gasteiger partial charge is 0.480 e. The lowest BCUT2D eigenvalue weighted by Crippen LogP contribution is -2.33. The molecule has 1 aromatic rings. The van der Waals surface area contributed by atoms with Crippen LogP contribution in [0.5, 0.6) is 0 Å². The van der Waals surface area contributed by atoms with Crippen LogP contribution in [-0.4, -0.2) is 41.7 Å². The molecule has 1 rings (SSSR count). The Morgan fingerprint density at radius 3 is 2.88 bits per heavy atom. The quantitative estimate of drug-likeness (QED) is 0.627. The molecule has 0 aliphatic carbocycles. The Morgan fingerprint density at radius 1 is 1.65 bits per heavy atom. The summed E-state index contributed by atoms with van der Waals surface area (Å²) in [6.07, 6.45) is 1.37. The number of hydrogen-bond donors (Lipinski definition) is 3. The van der Waals surface area contributed by atoms with Crippen molar-refractivity contribution in [2.24, 2.45) is 5.73 Å². The fourth-order valence-electron chi connectivity index (χ4n) is 1.20. The zero-order valence-corrected chi connectivity index (χ0v) is 9.21. The predicted molar refractivity (Wildman–Crippen MR) is 59.7 cm³/mol. The fourth-order valence-corrected chi connectivity index (χ4v) is 1.20. The highest BCUT2D eigenvalue weighted by molar-refractivity contribution is 5.91. The minimum atomic E-state index is -1.05. The van der Waals surface area contributed by atoms with Gasteiger partial charge in [-0.25, -0.2) is 4.79 Å². The number of rotatable bonds is 6. The summed E-state index contributed by atoms with van der Waals surface area (Å²) < 4.78 is 4.76. The van der Waals surface area contributed by atoms with E-state index in [9.17, 15) is 9.59 Å². The molecule has 1 unspecified atom stereocenters. The molecule has 1 amide bonds. The average Bonchev–Trinajstić information content (AvgIpc) is 2.28. The van der Waals surface area contributed by atoms with Gasteiger partial charge in [-0.05, 0) is 12.1 Å². The number of ether oxygens (including phenoxy) is 1. The van der Waals surface area contributed by atoms with Crippen molar-refractivity contribution in [3.8, 4) is 0 Å². The molecule has 7 heteroatoms. The van der Waals surface area contributed by atoms with Crippen LogP contribution in [0, 0.1) is 0 Å². The number of carbonyl (C=O) groups excluding carboxylic acids is 1. The molecule has 0 saturated heterocycles. The van der Waals surface area contributed by atoms with Gasteiger partial charge in [0.15, 0.2) is 0 Å². The number of pyridine rings is 1. The number of aliphatic carboxylic acids is 1. The number of nitrogens with one attached hydrogen (secondary N) is 1. The van der Waals surface area contributed by atoms with E-state index in [1.54, 1.807) is 0 Å². The van der Waals surface area contributed by atoms with Crippen LogP contribution in [0.15, 0.2) is 18.3 Å². The SMILES string of the molecule is COCC(Nc1ccnc(C(N)=O)c1)C(=O)O. The maximum atomic E-state index is 10.9. The molecule has 7 nitrogen and oxygen atoms in total. The smallest absolute Gasteiger partial charge is 0.328 e. The number of nitrogens with two attached hydrogens (primary N) is 1. The van der Waals surface area contributed by atoms with E-state index in [2.05, 4.69) is 10.3 Å². The normalized spacial score (nSPS) is 11.8. The van der Waals surface area contributed by atoms with Gasteiger partial charge < -0.3 is 20.9 Å². The first-order valence-corrected chi connectivity index (χ1v) is 4.78. The standard InChI is InChI=1S/C10H13N3O4/c1-17-5-8(10(15)16)13-6-2-3-12-7(4-6)9(11)14/h2-4,8H,5H2,1H3,(H2,11,14)(H,12,13)(H,15,16). The maximum absolute atomic E-state index is 10.9. The van der Waals surface area contributed by atoms with Gasteiger partial charge in [0.25, 0.3) is 5.91 Å². The van der Waals surface area contributed by atoms with Crippen LogP contribution in [0.4, 0.5) is 5.69 Å². The third-order valence-corrected chi connectivity index (χ3v) is 1.98. The lowest BCUT2D eigenvalue weighted by atomic mass is 10.2. The predicted octanol–water partition coefficient (Wildman–Crippen LogP) is -0.308. The highest BCUT2D eigenvalue weighted by Gasteiger charge is 2.17. The van der Waals surface area contributed by atoms with Crippen LogP contribution < -0.4 is 11.1 Å². The van der Waals surface area contributed by atoms with Crippen molar-refractivity contribution in [1.82, 2.24) is 4.98 Å². The molecule has 1 heterocycles. The van der Waals surface area contributed by atoms with Gasteiger partial charge in [0.05, 0.1) is 6.61 Å². The van der Waals surface area contributed by atoms with Crippen molar-refractivity contribution in [3.63, 3.8) is 0 Å². The number of carboxylic acids is 1. The van der Waals surface area contributed by atoms with E-state index in [1.165, 1.54) is 25.4 Å². The Balaban J connectivity index is 2.82. The first-order valence-electron chi connectivity index (χ1n) is 4.78. The molecule has 0 bridgehead atoms. The van der Waals surface area contributed by atoms with Gasteiger partial charge in [-0.3, -0.25) is 9.78 Å². The molecule has 0 aromatic carbocycles. The number of carboxylic acid groups (broad SMARTS) is 1. The second-order valence-electron chi connectivity index (χ2n) is 3.28. The van der Waals surface area contributed by atoms with Crippen LogP contribution in [0.2, 0.25) is 0 Å². The molecule has 0 aliphatic heterocycles. The Bertz CT molecular complexity index is 422. The number of anilines is 1. The van der Waals surface area contributed by atoms with E-state index < -0.39 is 17.9 Å². The topological polar surface area (TPSA) is 115 Å². The van der Waals surface area contributed by atoms with Gasteiger partial charge in [0.2, 0.25) is 0 Å². The summed E-state index contributed by atoms with van der Waals surface area (Å²) >= 11 is 0. The molecule has 0 saturated carbocycles. The highest BCUT2D eigenvalue weighted by atomic mass is 16.5. The molecule has 1 aromatic heterocycles. The number of amides is 1. The Labute approximate surface area is 97.6 Å². The molecule has 92 valence electrons. The molecule has 0 aliphatic rings. The lowest BCUT2D eigenvalue weighted by molar-refractivity contribution is -0.139. The third-order valence-electron chi connectivity index (χ3n) is 1.98. The molecular weight excluding hydrogens is 226 g/mol. The van der Waals surface area contributed by atoms with Gasteiger partial charge in [-0.1, -0.05) is 0 Å². The molecule has 0 spiro atoms. The van der Waals surface area contributed by atoms with Gasteiger partial charge in [-0.2, -0.15) is 0 Å². The summed E-state index contributed by atoms with van der Waals surface area (Å²) in [6, 6.07) is 2.02. The summed E-state index contributed by atoms with van der Waals surface area (Å²) in [5, 5.41) is 11.6. The van der Waals surface area contributed by atoms with Crippen molar-refractivity contribution in [2.45, 2.75) is 6.04 Å². The number of methoxy groups -OCH3 is 1. The average molecular weight is 239 g/mol. The Hall–Kier alpha value is -2.15. The first kappa shape index (κ1) is 12.9. The number of carbonyl (C=O) groups is 2. The van der Waals surface area contributed by atoms with Gasteiger partial charge >= 0.3 is 5.97 Å². The van der Waals surface area contributed by atoms with E-state index in [0.29, 0.717) is 5.69 Å². The van der Waals surface area contributed by atoms with E-state index in [4.69, 9.17) is 15.6 Å². The summed E-state index contributed by atoms with van der Waals surface area (Å²) in [5.74, 6) is -1.73. The van der Waals surface area contributed by atoms with Crippen LogP contribution in [-0.2, 0) is 9.53 Å². The Morgan fingerprint density at radius 2 is 2.35 bits per heavy atom. The summed E-state index contributed by atoms with van der Waals surface area (Å²) in [6.45, 7) is 0.00353. The molecule has 17 heavy (non-hydrogen) atoms. The number of aromatic nitrogens is 1. The minimum Gasteiger partial charge on any atom is -0.480 e. The van der Waals surface area contributed by atoms with E-state index in [0.717, 1.165) is 0 Å². The number of nitrogens with zero attached hydrogens (tertiary/aromatic N) is 1. The summed E-state index contributed by atoms with van der Waals surface area (Å²) in [4.78, 5) is 25.5. The number of primary amides is 1. The van der Waals surface area contributed by atoms with E-state index >= 15 is 0 Å². The van der Waals surface area contributed by atoms with Crippen LogP contribution >= 0.6 is 0 Å². The molecule has 1 atom stereocenters. The maximum Gasteiger partial charge on any atom is 0.328 e. The van der Waals surface area contributed by atoms with Crippen LogP contribution in [0.25, 0.3) is 0 Å². The van der Waals surface area contributed by atoms with Crippen molar-refractivity contribution in [1.29, 1.82) is 0 Å². The highest BCUT2D eigenvalue weighted by Crippen LogP contribution is 2.09. The molecule has 0 fully saturated rings. The second-order valence-corrected chi connectivity index (χ2v) is 3.28. The zero-order chi connectivity index (χ0) is 12.8.